The van der Waals surface area contributed by atoms with Crippen LogP contribution in [0.25, 0.3) is 0 Å². The van der Waals surface area contributed by atoms with Crippen molar-refractivity contribution in [3.05, 3.63) is 48.3 Å². The molecule has 1 aliphatic rings. The zero-order chi connectivity index (χ0) is 15.4. The van der Waals surface area contributed by atoms with Crippen LogP contribution in [0.4, 0.5) is 4.39 Å². The summed E-state index contributed by atoms with van der Waals surface area (Å²) in [7, 11) is 0. The molecule has 1 aromatic heterocycles. The third-order valence-corrected chi connectivity index (χ3v) is 3.74. The summed E-state index contributed by atoms with van der Waals surface area (Å²) < 4.78 is 20.7. The number of hydrogen-bond acceptors (Lipinski definition) is 5. The van der Waals surface area contributed by atoms with Crippen molar-refractivity contribution >= 4 is 0 Å². The molecule has 7 heteroatoms. The number of halogens is 1. The summed E-state index contributed by atoms with van der Waals surface area (Å²) >= 11 is 0. The van der Waals surface area contributed by atoms with Gasteiger partial charge in [-0.1, -0.05) is 12.1 Å². The van der Waals surface area contributed by atoms with Gasteiger partial charge in [-0.3, -0.25) is 9.58 Å². The Hall–Kier alpha value is -1.83. The zero-order valence-electron chi connectivity index (χ0n) is 12.2. The van der Waals surface area contributed by atoms with Crippen LogP contribution in [0.2, 0.25) is 0 Å². The van der Waals surface area contributed by atoms with E-state index in [1.54, 1.807) is 23.1 Å². The molecule has 0 bridgehead atoms. The lowest BCUT2D eigenvalue weighted by molar-refractivity contribution is -0.0487. The molecule has 1 N–H and O–H groups in total. The molecule has 0 saturated carbocycles. The molecule has 2 aromatic rings. The first-order valence-electron chi connectivity index (χ1n) is 7.30. The third-order valence-electron chi connectivity index (χ3n) is 3.74. The van der Waals surface area contributed by atoms with Crippen molar-refractivity contribution in [3.63, 3.8) is 0 Å². The first kappa shape index (κ1) is 15.1. The number of aliphatic hydroxyl groups excluding tert-OH is 1. The van der Waals surface area contributed by atoms with Gasteiger partial charge >= 0.3 is 0 Å². The Kier molecular flexibility index (Phi) is 4.77. The van der Waals surface area contributed by atoms with Gasteiger partial charge in [-0.25, -0.2) is 9.37 Å². The van der Waals surface area contributed by atoms with Gasteiger partial charge in [0.15, 0.2) is 0 Å². The van der Waals surface area contributed by atoms with E-state index in [0.717, 1.165) is 6.54 Å². The number of hydrogen-bond donors (Lipinski definition) is 1. The molecule has 0 amide bonds. The summed E-state index contributed by atoms with van der Waals surface area (Å²) in [6, 6.07) is 6.10. The predicted octanol–water partition coefficient (Wildman–Crippen LogP) is 0.852. The summed E-state index contributed by atoms with van der Waals surface area (Å²) in [5.41, 5.74) is 0.597. The van der Waals surface area contributed by atoms with Gasteiger partial charge in [-0.15, -0.1) is 0 Å². The van der Waals surface area contributed by atoms with Gasteiger partial charge in [0.1, 0.15) is 18.5 Å². The number of rotatable bonds is 5. The highest BCUT2D eigenvalue weighted by Crippen LogP contribution is 2.17. The highest BCUT2D eigenvalue weighted by Gasteiger charge is 2.23. The van der Waals surface area contributed by atoms with E-state index in [4.69, 9.17) is 4.74 Å². The fourth-order valence-corrected chi connectivity index (χ4v) is 2.66. The van der Waals surface area contributed by atoms with Crippen molar-refractivity contribution in [1.82, 2.24) is 19.7 Å². The second-order valence-corrected chi connectivity index (χ2v) is 5.44. The second kappa shape index (κ2) is 6.95. The third kappa shape index (κ3) is 3.88. The Bertz CT molecular complexity index is 593. The Morgan fingerprint density at radius 3 is 3.14 bits per heavy atom. The van der Waals surface area contributed by atoms with Gasteiger partial charge in [0.2, 0.25) is 0 Å². The minimum Gasteiger partial charge on any atom is -0.387 e. The summed E-state index contributed by atoms with van der Waals surface area (Å²) in [6.07, 6.45) is 2.45. The largest absolute Gasteiger partial charge is 0.387 e. The number of β-amino-alcohol motifs (C(OH)–C–C–N with tert-alkyl or cyclic N) is 1. The summed E-state index contributed by atoms with van der Waals surface area (Å²) in [4.78, 5) is 6.04. The molecule has 1 saturated heterocycles. The van der Waals surface area contributed by atoms with E-state index in [0.29, 0.717) is 31.8 Å². The molecule has 2 heterocycles. The molecule has 1 aliphatic heterocycles. The molecule has 6 nitrogen and oxygen atoms in total. The average Bonchev–Trinajstić information content (AvgIpc) is 3.00. The van der Waals surface area contributed by atoms with Gasteiger partial charge in [-0.2, -0.15) is 5.10 Å². The summed E-state index contributed by atoms with van der Waals surface area (Å²) in [5.74, 6) is -0.331. The number of aromatic nitrogens is 3. The first-order chi connectivity index (χ1) is 10.7. The maximum Gasteiger partial charge on any atom is 0.137 e. The van der Waals surface area contributed by atoms with Crippen LogP contribution >= 0.6 is 0 Å². The lowest BCUT2D eigenvalue weighted by atomic mass is 10.1. The van der Waals surface area contributed by atoms with E-state index in [-0.39, 0.29) is 11.9 Å². The number of ether oxygens (including phenoxy) is 1. The van der Waals surface area contributed by atoms with Crippen LogP contribution in [0.1, 0.15) is 11.7 Å². The van der Waals surface area contributed by atoms with Gasteiger partial charge < -0.3 is 9.84 Å². The van der Waals surface area contributed by atoms with E-state index in [9.17, 15) is 9.50 Å². The topological polar surface area (TPSA) is 63.4 Å². The second-order valence-electron chi connectivity index (χ2n) is 5.44. The minimum atomic E-state index is -0.708. The Morgan fingerprint density at radius 1 is 1.45 bits per heavy atom. The van der Waals surface area contributed by atoms with E-state index in [2.05, 4.69) is 15.0 Å². The van der Waals surface area contributed by atoms with E-state index >= 15 is 0 Å². The predicted molar refractivity (Wildman–Crippen MR) is 77.6 cm³/mol. The van der Waals surface area contributed by atoms with Crippen molar-refractivity contribution < 1.29 is 14.2 Å². The van der Waals surface area contributed by atoms with Crippen LogP contribution in [-0.2, 0) is 11.3 Å². The molecule has 118 valence electrons. The van der Waals surface area contributed by atoms with Crippen molar-refractivity contribution in [2.75, 3.05) is 26.2 Å². The van der Waals surface area contributed by atoms with E-state index in [1.165, 1.54) is 18.5 Å². The Labute approximate surface area is 128 Å². The van der Waals surface area contributed by atoms with Crippen LogP contribution in [0.15, 0.2) is 36.9 Å². The molecule has 1 aromatic carbocycles. The van der Waals surface area contributed by atoms with Gasteiger partial charge in [0.25, 0.3) is 0 Å². The lowest BCUT2D eigenvalue weighted by Gasteiger charge is -2.34. The quantitative estimate of drug-likeness (QED) is 0.887. The van der Waals surface area contributed by atoms with Crippen LogP contribution < -0.4 is 0 Å². The van der Waals surface area contributed by atoms with E-state index < -0.39 is 6.10 Å². The molecular formula is C15H19FN4O2. The van der Waals surface area contributed by atoms with Crippen LogP contribution in [0, 0.1) is 5.82 Å². The SMILES string of the molecule is O[C@H](CN1CCO[C@H](Cn2cncn2)C1)c1cccc(F)c1. The summed E-state index contributed by atoms with van der Waals surface area (Å²) in [5, 5.41) is 14.3. The van der Waals surface area contributed by atoms with Gasteiger partial charge in [0, 0.05) is 19.6 Å². The highest BCUT2D eigenvalue weighted by atomic mass is 19.1. The Balaban J connectivity index is 1.55. The maximum absolute atomic E-state index is 13.2. The molecule has 0 unspecified atom stereocenters. The fourth-order valence-electron chi connectivity index (χ4n) is 2.66. The molecule has 1 fully saturated rings. The number of nitrogens with zero attached hydrogens (tertiary/aromatic N) is 4. The lowest BCUT2D eigenvalue weighted by Crippen LogP contribution is -2.45. The monoisotopic (exact) mass is 306 g/mol. The molecule has 0 aliphatic carbocycles. The van der Waals surface area contributed by atoms with Crippen molar-refractivity contribution in [1.29, 1.82) is 0 Å². The average molecular weight is 306 g/mol. The molecule has 22 heavy (non-hydrogen) atoms. The smallest absolute Gasteiger partial charge is 0.137 e. The normalized spacial score (nSPS) is 20.9. The maximum atomic E-state index is 13.2. The first-order valence-corrected chi connectivity index (χ1v) is 7.30. The van der Waals surface area contributed by atoms with Crippen molar-refractivity contribution in [2.24, 2.45) is 0 Å². The molecular weight excluding hydrogens is 287 g/mol. The van der Waals surface area contributed by atoms with Crippen molar-refractivity contribution in [3.8, 4) is 0 Å². The fraction of sp³-hybridized carbons (Fsp3) is 0.467. The molecule has 2 atom stereocenters. The zero-order valence-corrected chi connectivity index (χ0v) is 12.2. The summed E-state index contributed by atoms with van der Waals surface area (Å²) in [6.45, 7) is 3.15. The van der Waals surface area contributed by atoms with Gasteiger partial charge in [-0.05, 0) is 17.7 Å². The Morgan fingerprint density at radius 2 is 2.36 bits per heavy atom. The van der Waals surface area contributed by atoms with Crippen LogP contribution in [-0.4, -0.2) is 57.1 Å². The van der Waals surface area contributed by atoms with Gasteiger partial charge in [0.05, 0.1) is 25.4 Å². The minimum absolute atomic E-state index is 0.00941. The molecule has 3 rings (SSSR count). The van der Waals surface area contributed by atoms with Crippen LogP contribution in [0.5, 0.6) is 0 Å². The molecule has 0 radical (unpaired) electrons. The van der Waals surface area contributed by atoms with Crippen molar-refractivity contribution in [2.45, 2.75) is 18.8 Å². The van der Waals surface area contributed by atoms with E-state index in [1.807, 2.05) is 0 Å². The highest BCUT2D eigenvalue weighted by molar-refractivity contribution is 5.19. The number of morpholine rings is 1. The number of benzene rings is 1. The standard InChI is InChI=1S/C15H19FN4O2/c16-13-3-1-2-12(6-13)15(21)9-19-4-5-22-14(7-19)8-20-11-17-10-18-20/h1-3,6,10-11,14-15,21H,4-5,7-9H2/t14-,15+/m0/s1. The number of aliphatic hydroxyl groups is 1. The van der Waals surface area contributed by atoms with Crippen LogP contribution in [0.3, 0.4) is 0 Å². The molecule has 0 spiro atoms.